The number of epoxide rings is 1. The van der Waals surface area contributed by atoms with Gasteiger partial charge in [-0.25, -0.2) is 13.8 Å². The number of nitrogens with one attached hydrogen (secondary N) is 2. The average molecular weight is 1900 g/mol. The number of imide groups is 1. The van der Waals surface area contributed by atoms with Gasteiger partial charge < -0.3 is 120 Å². The first kappa shape index (κ1) is 110. The van der Waals surface area contributed by atoms with Crippen molar-refractivity contribution in [3.63, 3.8) is 0 Å². The van der Waals surface area contributed by atoms with E-state index in [1.165, 1.54) is 42.7 Å². The third-order valence-corrected chi connectivity index (χ3v) is 20.3. The molecule has 23 atom stereocenters. The first-order valence-electron chi connectivity index (χ1n) is 39.1. The molecule has 8 saturated heterocycles. The molecule has 12 rings (SSSR count). The van der Waals surface area contributed by atoms with Crippen molar-refractivity contribution in [2.45, 2.75) is 261 Å². The van der Waals surface area contributed by atoms with Gasteiger partial charge >= 0.3 is 35.6 Å². The molecule has 125 heavy (non-hydrogen) atoms. The Morgan fingerprint density at radius 3 is 1.50 bits per heavy atom. The Kier molecular flexibility index (Phi) is 42.5. The number of aromatic nitrogens is 2. The third kappa shape index (κ3) is 32.0. The number of halogens is 4. The number of carbonyl (C=O) groups is 8. The number of Topliss-reactive ketones (excluding diaryl/α,β-unsaturated/α-hetero) is 1. The predicted molar refractivity (Wildman–Crippen MR) is 449 cm³/mol. The topological polar surface area (TPSA) is 659 Å². The highest BCUT2D eigenvalue weighted by Gasteiger charge is 2.59. The van der Waals surface area contributed by atoms with Crippen LogP contribution in [0.4, 0.5) is 4.79 Å². The number of aliphatic hydroxyl groups is 10. The molecule has 10 aliphatic rings. The minimum absolute atomic E-state index is 0. The molecule has 0 bridgehead atoms. The number of rotatable bonds is 13. The third-order valence-electron chi connectivity index (χ3n) is 18.8. The molecule has 11 heterocycles. The van der Waals surface area contributed by atoms with Crippen molar-refractivity contribution in [2.24, 2.45) is 43.2 Å². The summed E-state index contributed by atoms with van der Waals surface area (Å²) in [6.07, 6.45) is -15.1. The monoisotopic (exact) mass is 1900 g/mol. The largest absolute Gasteiger partial charge is 0.462 e. The van der Waals surface area contributed by atoms with E-state index >= 15 is 0 Å². The number of aliphatic hydroxyl groups excluding tert-OH is 8. The van der Waals surface area contributed by atoms with Gasteiger partial charge in [0.1, 0.15) is 84.5 Å². The van der Waals surface area contributed by atoms with Gasteiger partial charge in [-0.1, -0.05) is 41.2 Å². The minimum Gasteiger partial charge on any atom is -0.462 e. The van der Waals surface area contributed by atoms with Gasteiger partial charge in [0.15, 0.2) is 88.9 Å². The van der Waals surface area contributed by atoms with Crippen molar-refractivity contribution >= 4 is 138 Å². The number of esters is 4. The summed E-state index contributed by atoms with van der Waals surface area (Å²) >= 11 is 15.1. The Hall–Kier alpha value is -6.88. The van der Waals surface area contributed by atoms with E-state index in [0.29, 0.717) is 14.9 Å². The van der Waals surface area contributed by atoms with Crippen LogP contribution in [0.25, 0.3) is 4.95 Å². The predicted octanol–water partition coefficient (Wildman–Crippen LogP) is -2.81. The van der Waals surface area contributed by atoms with Crippen molar-refractivity contribution in [1.29, 1.82) is 2.67 Å². The Morgan fingerprint density at radius 1 is 0.688 bits per heavy atom. The lowest BCUT2D eigenvalue weighted by Crippen LogP contribution is -2.66. The number of aromatic amines is 1. The fraction of sp³-hybridized carbons (Fsp3) is 0.716. The molecule has 10 unspecified atom stereocenters. The summed E-state index contributed by atoms with van der Waals surface area (Å²) in [4.78, 5) is 134. The molecular formula is C74H117AlBCl4N11O33S. The number of ether oxygens (including phenoxy) is 12. The van der Waals surface area contributed by atoms with E-state index in [9.17, 15) is 68.4 Å². The average Bonchev–Trinajstić information content (AvgIpc) is 1.59. The Balaban J connectivity index is 0.000000519. The van der Waals surface area contributed by atoms with E-state index in [4.69, 9.17) is 125 Å². The number of aliphatic imine (C=N–C) groups is 2. The van der Waals surface area contributed by atoms with Crippen LogP contribution >= 0.6 is 44.6 Å². The highest BCUT2D eigenvalue weighted by Crippen LogP contribution is 2.40. The summed E-state index contributed by atoms with van der Waals surface area (Å²) in [5.41, 5.74) is -1.26. The number of carbonyl (C=O) groups excluding carboxylic acids is 8. The summed E-state index contributed by atoms with van der Waals surface area (Å²) in [5.74, 6) is 0.734. The summed E-state index contributed by atoms with van der Waals surface area (Å²) in [5, 5.41) is 93.4. The number of alkyl halides is 2. The fourth-order valence-electron chi connectivity index (χ4n) is 11.2. The van der Waals surface area contributed by atoms with Crippen molar-refractivity contribution in [1.82, 2.24) is 30.8 Å². The maximum atomic E-state index is 12.5. The van der Waals surface area contributed by atoms with Crippen LogP contribution in [-0.2, 0) is 105 Å². The molecule has 0 aliphatic carbocycles. The lowest BCUT2D eigenvalue weighted by atomic mass is 9.97. The highest BCUT2D eigenvalue weighted by molar-refractivity contribution is 8.26. The van der Waals surface area contributed by atoms with Crippen LogP contribution < -0.4 is 34.3 Å². The normalized spacial score (nSPS) is 31.9. The van der Waals surface area contributed by atoms with Gasteiger partial charge in [-0.05, 0) is 120 Å². The van der Waals surface area contributed by atoms with Gasteiger partial charge in [-0.15, -0.1) is 29.0 Å². The second kappa shape index (κ2) is 48.1. The van der Waals surface area contributed by atoms with Gasteiger partial charge in [0.25, 0.3) is 29.4 Å². The van der Waals surface area contributed by atoms with Gasteiger partial charge in [0.2, 0.25) is 9.23 Å². The Labute approximate surface area is 754 Å². The smallest absolute Gasteiger partial charge is 0.330 e. The van der Waals surface area contributed by atoms with Crippen LogP contribution in [-0.4, -0.2) is 346 Å². The van der Waals surface area contributed by atoms with Gasteiger partial charge in [-0.3, -0.25) is 63.0 Å². The molecule has 8 fully saturated rings. The van der Waals surface area contributed by atoms with Gasteiger partial charge in [0.05, 0.1) is 69.5 Å². The van der Waals surface area contributed by atoms with E-state index < -0.39 is 223 Å². The maximum absolute atomic E-state index is 12.5. The Morgan fingerprint density at radius 2 is 1.11 bits per heavy atom. The summed E-state index contributed by atoms with van der Waals surface area (Å²) in [6.45, 7) is 32.1. The maximum Gasteiger partial charge on any atom is 0.330 e. The number of urea groups is 1. The van der Waals surface area contributed by atoms with E-state index in [-0.39, 0.29) is 74.7 Å². The lowest BCUT2D eigenvalue weighted by Gasteiger charge is -2.39. The molecule has 0 saturated carbocycles. The van der Waals surface area contributed by atoms with Gasteiger partial charge in [0, 0.05) is 33.1 Å². The standard InChI is InChI=1S/C20H31ClN2O8.C20H29ClN2O7.C10H14N2O6.C7H7.C6H10N2O4.C5H10O5.C5H8O2.CH2N2.Al.BH2.Cl2OS.H3N.H/c1-18(2,3)15(25)29-8-10-12(31-16(26)19(4,5)6)11(21)13(30-10)23-9-20(7,28)14(24)22-17(23)27;1-10-8-23(18(27)22-14(10)24)15-12(21)13(30-17(26)20(5,6)7)11(29-15)9-28-16(25)19(2,3)4;1-10(16)3-12-7-6(5(14)4(2-13)17-7)18-9(12)11-8(10)15;1-7-5-3-2-4-6-7;7-6-8-5-4(12-6)3(10)2(1-9)11-5;6-1-2-3(7)4(8)5(9)10-2;1-4(6)5(2)3-7-5;1-3-2;;;1-4(2)3;;/h10-13,28H,8-9H2,1-7H3,(H,22,24,27);8,11-13,15H,9H2,1-7H3,(H,22,24,27);4-7,13-14,16H,2-3H2,1H3;2-6H,1H2;2-5,9-10H,1H2,(H2,7,8);2-9H,1H2;3H2,1-2H3;2H2;;1H2;;1H3;/t10-,11-,12-,13?,20?;11-,12-,13-,15?;4-,5-,6?,7?,10?;;2-,3-,4?,5?;2-,3-,4+,5?;;;;;;;/m000.00......./s1/i;;;;;;;;;1T2;;;. The van der Waals surface area contributed by atoms with Crippen LogP contribution in [0.5, 0.6) is 0 Å². The van der Waals surface area contributed by atoms with E-state index in [1.54, 1.807) is 96.9 Å². The van der Waals surface area contributed by atoms with Crippen LogP contribution in [0.2, 0.25) is 0 Å². The van der Waals surface area contributed by atoms with Crippen LogP contribution in [0, 0.1) is 35.2 Å². The van der Waals surface area contributed by atoms with Crippen molar-refractivity contribution < 1.29 is 150 Å². The lowest BCUT2D eigenvalue weighted by molar-refractivity contribution is -0.169. The molecule has 51 heteroatoms. The number of nitrogens with two attached hydrogens (primary N) is 2. The minimum atomic E-state index is -1.86. The van der Waals surface area contributed by atoms with Crippen LogP contribution in [0.1, 0.15) is 128 Å². The van der Waals surface area contributed by atoms with E-state index in [2.05, 4.69) is 76.1 Å². The molecule has 19 N–H and O–H groups in total. The van der Waals surface area contributed by atoms with E-state index in [1.807, 2.05) is 27.7 Å². The first-order valence-corrected chi connectivity index (χ1v) is 42.6. The summed E-state index contributed by atoms with van der Waals surface area (Å²) in [6, 6.07) is 9.76. The second-order valence-corrected chi connectivity index (χ2v) is 37.7. The van der Waals surface area contributed by atoms with Crippen molar-refractivity contribution in [3.8, 4) is 0 Å². The molecule has 706 valence electrons. The van der Waals surface area contributed by atoms with E-state index in [0.717, 1.165) is 9.47 Å². The van der Waals surface area contributed by atoms with Crippen molar-refractivity contribution in [3.05, 3.63) is 80.0 Å². The number of fused-ring (bicyclic) bond motifs is 4. The quantitative estimate of drug-likeness (QED) is 0.0111. The zero-order valence-electron chi connectivity index (χ0n) is 74.0. The number of β-amino-alcohol motifs (C(OH)–C–C–N with tert-alkyl or cyclic N) is 1. The number of hydrogen-bond acceptors (Lipinski definition) is 38. The number of benzene rings is 1. The SMILES string of the molecule is CC(=O)C1(C)CO1.CC(C)(C)C(=O)OC[C@@H]1OC(N2CC(C)(O)C(=O)NC2=O)[C@@H](Cl)[C@H]1OC(=O)C(C)(C)C.CC1(O)CN2C(=NC1=O)OC1C2O[C@@H](CO)[C@@H]1O.Cc1cn(C2O[C@@H](COC(=O)C(C)(C)C)[C@H](OC(=O)C(C)(C)C)[C@@H]2Cl)c(=O)[nH]c1=O.N.NC1=NC2O[C@@H](CO)[C@H](O)C2O1.O=S(Cl)Cl.OC[C@@H]1OC(O)[C@H](O)[C@H]1O.[3H][B][3H].[AlH][CH2]c1ccccc1.[C-]#[N+]N. The number of hydrogen-bond donors (Lipinski definition) is 15. The Bertz CT molecular complexity index is 4240. The summed E-state index contributed by atoms with van der Waals surface area (Å²) in [7, 11) is 7.86. The number of amides is 4. The molecule has 44 nitrogen and oxygen atoms in total. The fourth-order valence-corrected chi connectivity index (χ4v) is 12.3. The molecule has 1 aromatic carbocycles. The first-order chi connectivity index (χ1) is 58.0. The van der Waals surface area contributed by atoms with Crippen LogP contribution in [0.15, 0.2) is 56.1 Å². The number of ketones is 1. The highest BCUT2D eigenvalue weighted by atomic mass is 36.0. The summed E-state index contributed by atoms with van der Waals surface area (Å²) < 4.78 is 85.5. The zero-order valence-corrected chi connectivity index (χ0v) is 77.2. The number of aryl methyl sites for hydroxylation is 1. The molecule has 2 radical (unpaired) electrons. The van der Waals surface area contributed by atoms with Crippen molar-refractivity contribution in [2.75, 3.05) is 52.7 Å². The molecule has 10 aliphatic heterocycles. The second-order valence-electron chi connectivity index (χ2n) is 33.7. The molecule has 1 aromatic heterocycles. The number of nitrogens with zero attached hydrogens (tertiary/aromatic N) is 6. The molecule has 0 spiro atoms. The molecule has 4 amide bonds. The van der Waals surface area contributed by atoms with Crippen LogP contribution in [0.3, 0.4) is 0 Å². The molecular weight excluding hydrogens is 1780 g/mol. The number of H-pyrrole nitrogens is 1. The van der Waals surface area contributed by atoms with Gasteiger partial charge in [-0.2, -0.15) is 21.5 Å². The zero-order chi connectivity index (χ0) is 96.8. The number of amidine groups is 2. The molecule has 2 aromatic rings.